The molecule has 16 heavy (non-hydrogen) atoms. The van der Waals surface area contributed by atoms with Crippen LogP contribution in [0, 0.1) is 0 Å². The standard InChI is InChI=1S/C12H18N2OS/c1-13-12(6-8(7-12)15-2)11-14-9-4-3-5-10(9)16-11/h8,13H,3-7H2,1-2H3. The molecule has 3 rings (SSSR count). The van der Waals surface area contributed by atoms with Crippen molar-refractivity contribution in [3.05, 3.63) is 15.6 Å². The lowest BCUT2D eigenvalue weighted by molar-refractivity contribution is -0.0300. The minimum Gasteiger partial charge on any atom is -0.381 e. The van der Waals surface area contributed by atoms with Crippen molar-refractivity contribution in [2.45, 2.75) is 43.7 Å². The first-order valence-corrected chi connectivity index (χ1v) is 6.80. The molecule has 0 saturated heterocycles. The summed E-state index contributed by atoms with van der Waals surface area (Å²) in [4.78, 5) is 6.34. The average molecular weight is 238 g/mol. The summed E-state index contributed by atoms with van der Waals surface area (Å²) in [5, 5.41) is 4.74. The van der Waals surface area contributed by atoms with Crippen LogP contribution in [0.4, 0.5) is 0 Å². The van der Waals surface area contributed by atoms with Crippen molar-refractivity contribution in [2.75, 3.05) is 14.2 Å². The van der Waals surface area contributed by atoms with E-state index >= 15 is 0 Å². The number of fused-ring (bicyclic) bond motifs is 1. The maximum absolute atomic E-state index is 5.38. The Morgan fingerprint density at radius 3 is 2.88 bits per heavy atom. The van der Waals surface area contributed by atoms with Crippen LogP contribution in [0.25, 0.3) is 0 Å². The third-order valence-electron chi connectivity index (χ3n) is 3.97. The number of hydrogen-bond donors (Lipinski definition) is 1. The molecule has 0 radical (unpaired) electrons. The summed E-state index contributed by atoms with van der Waals surface area (Å²) in [6.45, 7) is 0. The van der Waals surface area contributed by atoms with E-state index in [1.807, 2.05) is 18.4 Å². The summed E-state index contributed by atoms with van der Waals surface area (Å²) in [5.74, 6) is 0. The summed E-state index contributed by atoms with van der Waals surface area (Å²) in [6.07, 6.45) is 6.24. The summed E-state index contributed by atoms with van der Waals surface area (Å²) >= 11 is 1.91. The van der Waals surface area contributed by atoms with Crippen LogP contribution in [0.2, 0.25) is 0 Å². The monoisotopic (exact) mass is 238 g/mol. The number of nitrogens with zero attached hydrogens (tertiary/aromatic N) is 1. The second kappa shape index (κ2) is 3.79. The fraction of sp³-hybridized carbons (Fsp3) is 0.750. The molecule has 1 aromatic heterocycles. The van der Waals surface area contributed by atoms with E-state index in [-0.39, 0.29) is 5.54 Å². The number of aromatic nitrogens is 1. The van der Waals surface area contributed by atoms with Crippen LogP contribution in [-0.4, -0.2) is 25.2 Å². The van der Waals surface area contributed by atoms with Gasteiger partial charge in [-0.1, -0.05) is 0 Å². The van der Waals surface area contributed by atoms with Gasteiger partial charge in [-0.25, -0.2) is 4.98 Å². The van der Waals surface area contributed by atoms with E-state index < -0.39 is 0 Å². The first kappa shape index (κ1) is 10.7. The Bertz CT molecular complexity index is 374. The zero-order valence-electron chi connectivity index (χ0n) is 9.88. The van der Waals surface area contributed by atoms with Crippen molar-refractivity contribution in [3.63, 3.8) is 0 Å². The first-order valence-electron chi connectivity index (χ1n) is 5.98. The van der Waals surface area contributed by atoms with E-state index in [0.29, 0.717) is 6.10 Å². The van der Waals surface area contributed by atoms with Crippen molar-refractivity contribution >= 4 is 11.3 Å². The molecule has 0 spiro atoms. The summed E-state index contributed by atoms with van der Waals surface area (Å²) in [5.41, 5.74) is 1.46. The van der Waals surface area contributed by atoms with Gasteiger partial charge in [0.05, 0.1) is 17.3 Å². The molecule has 0 aromatic carbocycles. The van der Waals surface area contributed by atoms with Gasteiger partial charge >= 0.3 is 0 Å². The zero-order chi connectivity index (χ0) is 11.2. The molecule has 88 valence electrons. The molecule has 0 atom stereocenters. The molecule has 1 saturated carbocycles. The highest BCUT2D eigenvalue weighted by atomic mass is 32.1. The summed E-state index contributed by atoms with van der Waals surface area (Å²) in [6, 6.07) is 0. The van der Waals surface area contributed by atoms with Crippen molar-refractivity contribution in [1.82, 2.24) is 10.3 Å². The lowest BCUT2D eigenvalue weighted by Crippen LogP contribution is -2.54. The van der Waals surface area contributed by atoms with Gasteiger partial charge in [-0.3, -0.25) is 0 Å². The number of nitrogens with one attached hydrogen (secondary N) is 1. The number of methoxy groups -OCH3 is 1. The number of thiazole rings is 1. The van der Waals surface area contributed by atoms with Gasteiger partial charge < -0.3 is 10.1 Å². The maximum atomic E-state index is 5.38. The highest BCUT2D eigenvalue weighted by molar-refractivity contribution is 7.12. The van der Waals surface area contributed by atoms with Gasteiger partial charge in [0.15, 0.2) is 0 Å². The van der Waals surface area contributed by atoms with Gasteiger partial charge in [0.1, 0.15) is 5.01 Å². The smallest absolute Gasteiger partial charge is 0.113 e. The number of ether oxygens (including phenoxy) is 1. The van der Waals surface area contributed by atoms with E-state index in [1.165, 1.54) is 34.8 Å². The van der Waals surface area contributed by atoms with E-state index in [9.17, 15) is 0 Å². The summed E-state index contributed by atoms with van der Waals surface area (Å²) < 4.78 is 5.38. The molecular formula is C12H18N2OS. The minimum atomic E-state index is 0.107. The molecule has 1 aromatic rings. The van der Waals surface area contributed by atoms with Crippen molar-refractivity contribution in [1.29, 1.82) is 0 Å². The van der Waals surface area contributed by atoms with Crippen molar-refractivity contribution < 1.29 is 4.74 Å². The van der Waals surface area contributed by atoms with E-state index in [2.05, 4.69) is 5.32 Å². The molecule has 0 amide bonds. The number of aryl methyl sites for hydroxylation is 2. The molecule has 1 N–H and O–H groups in total. The van der Waals surface area contributed by atoms with Crippen LogP contribution in [0.3, 0.4) is 0 Å². The molecule has 0 aliphatic heterocycles. The number of rotatable bonds is 3. The van der Waals surface area contributed by atoms with Gasteiger partial charge in [0.25, 0.3) is 0 Å². The largest absolute Gasteiger partial charge is 0.381 e. The van der Waals surface area contributed by atoms with Gasteiger partial charge in [-0.05, 0) is 39.2 Å². The van der Waals surface area contributed by atoms with E-state index in [0.717, 1.165) is 12.8 Å². The highest BCUT2D eigenvalue weighted by Crippen LogP contribution is 2.45. The van der Waals surface area contributed by atoms with E-state index in [1.54, 1.807) is 7.11 Å². The third-order valence-corrected chi connectivity index (χ3v) is 5.33. The lowest BCUT2D eigenvalue weighted by atomic mass is 9.74. The molecule has 0 bridgehead atoms. The Morgan fingerprint density at radius 1 is 1.44 bits per heavy atom. The second-order valence-electron chi connectivity index (χ2n) is 4.84. The number of hydrogen-bond acceptors (Lipinski definition) is 4. The minimum absolute atomic E-state index is 0.107. The van der Waals surface area contributed by atoms with Crippen molar-refractivity contribution in [2.24, 2.45) is 0 Å². The van der Waals surface area contributed by atoms with Gasteiger partial charge in [-0.2, -0.15) is 0 Å². The first-order chi connectivity index (χ1) is 7.77. The Kier molecular flexibility index (Phi) is 2.53. The lowest BCUT2D eigenvalue weighted by Gasteiger charge is -2.45. The van der Waals surface area contributed by atoms with E-state index in [4.69, 9.17) is 9.72 Å². The zero-order valence-corrected chi connectivity index (χ0v) is 10.7. The van der Waals surface area contributed by atoms with Gasteiger partial charge in [0, 0.05) is 12.0 Å². The maximum Gasteiger partial charge on any atom is 0.113 e. The molecular weight excluding hydrogens is 220 g/mol. The quantitative estimate of drug-likeness (QED) is 0.872. The normalized spacial score (nSPS) is 32.5. The van der Waals surface area contributed by atoms with Gasteiger partial charge in [0.2, 0.25) is 0 Å². The summed E-state index contributed by atoms with van der Waals surface area (Å²) in [7, 11) is 3.84. The molecule has 0 unspecified atom stereocenters. The molecule has 2 aliphatic rings. The predicted octanol–water partition coefficient (Wildman–Crippen LogP) is 1.86. The fourth-order valence-electron chi connectivity index (χ4n) is 2.76. The predicted molar refractivity (Wildman–Crippen MR) is 64.9 cm³/mol. The van der Waals surface area contributed by atoms with Gasteiger partial charge in [-0.15, -0.1) is 11.3 Å². The SMILES string of the molecule is CNC1(c2nc3c(s2)CCC3)CC(OC)C1. The van der Waals surface area contributed by atoms with Crippen LogP contribution in [0.15, 0.2) is 0 Å². The molecule has 4 heteroatoms. The second-order valence-corrected chi connectivity index (χ2v) is 5.92. The topological polar surface area (TPSA) is 34.2 Å². The Labute approximate surface area is 100 Å². The van der Waals surface area contributed by atoms with Crippen LogP contribution in [0.5, 0.6) is 0 Å². The highest BCUT2D eigenvalue weighted by Gasteiger charge is 2.47. The van der Waals surface area contributed by atoms with Crippen LogP contribution < -0.4 is 5.32 Å². The Morgan fingerprint density at radius 2 is 2.25 bits per heavy atom. The van der Waals surface area contributed by atoms with Crippen LogP contribution in [0.1, 0.15) is 34.8 Å². The molecule has 2 aliphatic carbocycles. The molecule has 1 heterocycles. The average Bonchev–Trinajstić information content (AvgIpc) is 2.77. The fourth-order valence-corrected chi connectivity index (χ4v) is 4.13. The van der Waals surface area contributed by atoms with Crippen LogP contribution >= 0.6 is 11.3 Å². The molecule has 3 nitrogen and oxygen atoms in total. The molecule has 1 fully saturated rings. The van der Waals surface area contributed by atoms with Crippen molar-refractivity contribution in [3.8, 4) is 0 Å². The Hall–Kier alpha value is -0.450. The Balaban J connectivity index is 1.85. The third kappa shape index (κ3) is 1.44. The van der Waals surface area contributed by atoms with Crippen LogP contribution in [-0.2, 0) is 23.1 Å².